The minimum atomic E-state index is -4.71. The predicted molar refractivity (Wildman–Crippen MR) is 48.5 cm³/mol. The van der Waals surface area contributed by atoms with Crippen molar-refractivity contribution in [3.8, 4) is 0 Å². The lowest BCUT2D eigenvalue weighted by Crippen LogP contribution is -2.08. The first-order valence-corrected chi connectivity index (χ1v) is 4.47. The molecule has 0 spiro atoms. The Hall–Kier alpha value is -0.850. The fourth-order valence-corrected chi connectivity index (χ4v) is 1.46. The normalized spacial score (nSPS) is 12.2. The summed E-state index contributed by atoms with van der Waals surface area (Å²) in [5.74, 6) is 0. The van der Waals surface area contributed by atoms with Gasteiger partial charge in [0, 0.05) is 11.3 Å². The fraction of sp³-hybridized carbons (Fsp3) is 0.250. The summed E-state index contributed by atoms with van der Waals surface area (Å²) in [5, 5.41) is 0. The van der Waals surface area contributed by atoms with Crippen LogP contribution in [-0.2, 0) is 6.18 Å². The SMILES string of the molecule is Nc1cc(C(F)F)cc(C(F)(F)F)c1Br. The van der Waals surface area contributed by atoms with E-state index in [1.165, 1.54) is 0 Å². The van der Waals surface area contributed by atoms with Crippen LogP contribution in [0.4, 0.5) is 27.6 Å². The molecular weight excluding hydrogens is 285 g/mol. The highest BCUT2D eigenvalue weighted by molar-refractivity contribution is 9.10. The number of hydrogen-bond acceptors (Lipinski definition) is 1. The Morgan fingerprint density at radius 3 is 2.13 bits per heavy atom. The van der Waals surface area contributed by atoms with E-state index in [0.717, 1.165) is 6.07 Å². The molecule has 0 amide bonds. The Balaban J connectivity index is 3.38. The van der Waals surface area contributed by atoms with Crippen molar-refractivity contribution in [1.82, 2.24) is 0 Å². The van der Waals surface area contributed by atoms with Crippen LogP contribution in [0.1, 0.15) is 17.6 Å². The van der Waals surface area contributed by atoms with Gasteiger partial charge in [-0.2, -0.15) is 13.2 Å². The quantitative estimate of drug-likeness (QED) is 0.614. The van der Waals surface area contributed by atoms with E-state index in [9.17, 15) is 22.0 Å². The molecule has 0 fully saturated rings. The van der Waals surface area contributed by atoms with Crippen LogP contribution in [0.2, 0.25) is 0 Å². The molecule has 0 aliphatic carbocycles. The monoisotopic (exact) mass is 289 g/mol. The van der Waals surface area contributed by atoms with Gasteiger partial charge >= 0.3 is 6.18 Å². The van der Waals surface area contributed by atoms with Crippen molar-refractivity contribution in [1.29, 1.82) is 0 Å². The summed E-state index contributed by atoms with van der Waals surface area (Å²) >= 11 is 2.61. The van der Waals surface area contributed by atoms with Gasteiger partial charge in [0.05, 0.1) is 10.0 Å². The summed E-state index contributed by atoms with van der Waals surface area (Å²) in [7, 11) is 0. The fourth-order valence-electron chi connectivity index (χ4n) is 1.00. The summed E-state index contributed by atoms with van der Waals surface area (Å²) in [6.45, 7) is 0. The summed E-state index contributed by atoms with van der Waals surface area (Å²) in [6, 6.07) is 1.19. The van der Waals surface area contributed by atoms with E-state index in [1.54, 1.807) is 0 Å². The Labute approximate surface area is 90.2 Å². The third kappa shape index (κ3) is 2.58. The first-order valence-electron chi connectivity index (χ1n) is 3.67. The molecule has 0 unspecified atom stereocenters. The van der Waals surface area contributed by atoms with Crippen LogP contribution in [-0.4, -0.2) is 0 Å². The number of hydrogen-bond donors (Lipinski definition) is 1. The zero-order valence-corrected chi connectivity index (χ0v) is 8.66. The number of nitrogen functional groups attached to an aromatic ring is 1. The molecule has 7 heteroatoms. The van der Waals surface area contributed by atoms with Gasteiger partial charge in [0.25, 0.3) is 6.43 Å². The van der Waals surface area contributed by atoms with E-state index in [-0.39, 0.29) is 5.69 Å². The minimum Gasteiger partial charge on any atom is -0.398 e. The molecule has 0 aliphatic heterocycles. The number of rotatable bonds is 1. The molecule has 1 rings (SSSR count). The summed E-state index contributed by atoms with van der Waals surface area (Å²) in [5.41, 5.74) is 2.87. The van der Waals surface area contributed by atoms with Crippen LogP contribution in [0.25, 0.3) is 0 Å². The van der Waals surface area contributed by atoms with Crippen molar-refractivity contribution in [2.75, 3.05) is 5.73 Å². The van der Waals surface area contributed by atoms with Gasteiger partial charge in [-0.25, -0.2) is 8.78 Å². The van der Waals surface area contributed by atoms with Gasteiger partial charge in [-0.05, 0) is 28.1 Å². The third-order valence-electron chi connectivity index (χ3n) is 1.68. The molecule has 0 aliphatic rings. The molecule has 1 nitrogen and oxygen atoms in total. The molecule has 0 saturated heterocycles. The first-order chi connectivity index (χ1) is 6.73. The molecule has 0 aromatic heterocycles. The minimum absolute atomic E-state index is 0.361. The number of nitrogens with two attached hydrogens (primary N) is 1. The van der Waals surface area contributed by atoms with E-state index in [1.807, 2.05) is 0 Å². The maximum Gasteiger partial charge on any atom is 0.417 e. The zero-order chi connectivity index (χ0) is 11.8. The highest BCUT2D eigenvalue weighted by Gasteiger charge is 2.34. The van der Waals surface area contributed by atoms with Crippen LogP contribution in [0.5, 0.6) is 0 Å². The lowest BCUT2D eigenvalue weighted by molar-refractivity contribution is -0.138. The second-order valence-electron chi connectivity index (χ2n) is 2.77. The molecule has 15 heavy (non-hydrogen) atoms. The Bertz CT molecular complexity index is 374. The number of alkyl halides is 5. The lowest BCUT2D eigenvalue weighted by Gasteiger charge is -2.12. The van der Waals surface area contributed by atoms with Crippen LogP contribution in [0, 0.1) is 0 Å². The van der Waals surface area contributed by atoms with Crippen LogP contribution < -0.4 is 5.73 Å². The molecule has 84 valence electrons. The summed E-state index contributed by atoms with van der Waals surface area (Å²) in [4.78, 5) is 0. The van der Waals surface area contributed by atoms with Crippen molar-refractivity contribution < 1.29 is 22.0 Å². The highest BCUT2D eigenvalue weighted by atomic mass is 79.9. The van der Waals surface area contributed by atoms with Gasteiger partial charge in [-0.1, -0.05) is 0 Å². The molecule has 2 N–H and O–H groups in total. The van der Waals surface area contributed by atoms with Crippen molar-refractivity contribution >= 4 is 21.6 Å². The van der Waals surface area contributed by atoms with Gasteiger partial charge in [0.1, 0.15) is 0 Å². The van der Waals surface area contributed by atoms with E-state index >= 15 is 0 Å². The van der Waals surface area contributed by atoms with Crippen LogP contribution >= 0.6 is 15.9 Å². The summed E-state index contributed by atoms with van der Waals surface area (Å²) in [6.07, 6.45) is -7.70. The standard InChI is InChI=1S/C8H5BrF5N/c9-6-4(8(12,13)14)1-3(7(10)11)2-5(6)15/h1-2,7H,15H2. The number of halogens is 6. The predicted octanol–water partition coefficient (Wildman–Crippen LogP) is 3.99. The lowest BCUT2D eigenvalue weighted by atomic mass is 10.1. The molecular formula is C8H5BrF5N. The topological polar surface area (TPSA) is 26.0 Å². The molecule has 1 aromatic rings. The van der Waals surface area contributed by atoms with Gasteiger partial charge in [0.2, 0.25) is 0 Å². The van der Waals surface area contributed by atoms with E-state index in [0.29, 0.717) is 6.07 Å². The zero-order valence-electron chi connectivity index (χ0n) is 7.08. The second kappa shape index (κ2) is 3.96. The number of benzene rings is 1. The third-order valence-corrected chi connectivity index (χ3v) is 2.57. The van der Waals surface area contributed by atoms with Crippen molar-refractivity contribution in [2.45, 2.75) is 12.6 Å². The van der Waals surface area contributed by atoms with Gasteiger partial charge in [0.15, 0.2) is 0 Å². The average molecular weight is 290 g/mol. The maximum atomic E-state index is 12.3. The van der Waals surface area contributed by atoms with Gasteiger partial charge < -0.3 is 5.73 Å². The first kappa shape index (κ1) is 12.2. The Kier molecular flexibility index (Phi) is 3.22. The average Bonchev–Trinajstić information content (AvgIpc) is 2.06. The van der Waals surface area contributed by atoms with E-state index in [4.69, 9.17) is 5.73 Å². The van der Waals surface area contributed by atoms with Gasteiger partial charge in [-0.3, -0.25) is 0 Å². The molecule has 0 bridgehead atoms. The van der Waals surface area contributed by atoms with Crippen molar-refractivity contribution in [3.63, 3.8) is 0 Å². The summed E-state index contributed by atoms with van der Waals surface area (Å²) < 4.78 is 61.0. The molecule has 1 aromatic carbocycles. The maximum absolute atomic E-state index is 12.3. The number of anilines is 1. The van der Waals surface area contributed by atoms with Crippen LogP contribution in [0.3, 0.4) is 0 Å². The molecule has 0 saturated carbocycles. The highest BCUT2D eigenvalue weighted by Crippen LogP contribution is 2.40. The molecule has 0 heterocycles. The largest absolute Gasteiger partial charge is 0.417 e. The Morgan fingerprint density at radius 2 is 1.73 bits per heavy atom. The second-order valence-corrected chi connectivity index (χ2v) is 3.56. The van der Waals surface area contributed by atoms with E-state index < -0.39 is 28.2 Å². The van der Waals surface area contributed by atoms with E-state index in [2.05, 4.69) is 15.9 Å². The van der Waals surface area contributed by atoms with Gasteiger partial charge in [-0.15, -0.1) is 0 Å². The molecule has 0 atom stereocenters. The van der Waals surface area contributed by atoms with Crippen LogP contribution in [0.15, 0.2) is 16.6 Å². The molecule has 0 radical (unpaired) electrons. The Morgan fingerprint density at radius 1 is 1.20 bits per heavy atom. The van der Waals surface area contributed by atoms with Crippen molar-refractivity contribution in [3.05, 3.63) is 27.7 Å². The smallest absolute Gasteiger partial charge is 0.398 e. The van der Waals surface area contributed by atoms with Crippen molar-refractivity contribution in [2.24, 2.45) is 0 Å².